The standard InChI is InChI=1S/C13H12ClF3N4OS/c1-21(23(18,22)11-6-19-8-20-7-11)12(13(15,16)17)9-2-4-10(14)5-3-9/h2-8,12,18H,1H3/t12-,23+/m1/s1. The summed E-state index contributed by atoms with van der Waals surface area (Å²) in [7, 11) is -2.94. The Hall–Kier alpha value is -1.71. The molecular formula is C13H12ClF3N4OS. The molecule has 0 bridgehead atoms. The molecule has 1 aromatic heterocycles. The van der Waals surface area contributed by atoms with Crippen LogP contribution in [0.3, 0.4) is 0 Å². The van der Waals surface area contributed by atoms with Gasteiger partial charge in [0.25, 0.3) is 0 Å². The van der Waals surface area contributed by atoms with E-state index in [2.05, 4.69) is 9.97 Å². The molecular weight excluding hydrogens is 353 g/mol. The minimum atomic E-state index is -4.73. The van der Waals surface area contributed by atoms with E-state index in [0.717, 1.165) is 25.8 Å². The largest absolute Gasteiger partial charge is 0.409 e. The van der Waals surface area contributed by atoms with Gasteiger partial charge in [0.2, 0.25) is 0 Å². The van der Waals surface area contributed by atoms with Gasteiger partial charge in [-0.25, -0.2) is 23.3 Å². The second-order valence-electron chi connectivity index (χ2n) is 4.64. The van der Waals surface area contributed by atoms with Gasteiger partial charge >= 0.3 is 6.18 Å². The summed E-state index contributed by atoms with van der Waals surface area (Å²) in [6.45, 7) is 0. The van der Waals surface area contributed by atoms with Crippen LogP contribution in [0.15, 0.2) is 47.9 Å². The van der Waals surface area contributed by atoms with E-state index in [1.54, 1.807) is 0 Å². The molecule has 2 atom stereocenters. The van der Waals surface area contributed by atoms with Crippen molar-refractivity contribution >= 4 is 21.5 Å². The fraction of sp³-hybridized carbons (Fsp3) is 0.231. The smallest absolute Gasteiger partial charge is 0.243 e. The van der Waals surface area contributed by atoms with Gasteiger partial charge < -0.3 is 0 Å². The molecule has 5 nitrogen and oxygen atoms in total. The molecule has 0 fully saturated rings. The van der Waals surface area contributed by atoms with Crippen LogP contribution < -0.4 is 0 Å². The Balaban J connectivity index is 2.50. The number of alkyl halides is 3. The molecule has 0 radical (unpaired) electrons. The molecule has 0 saturated heterocycles. The van der Waals surface area contributed by atoms with E-state index in [-0.39, 0.29) is 15.5 Å². The molecule has 0 amide bonds. The highest BCUT2D eigenvalue weighted by molar-refractivity contribution is 7.90. The number of benzene rings is 1. The first-order valence-electron chi connectivity index (χ1n) is 6.23. The van der Waals surface area contributed by atoms with E-state index >= 15 is 0 Å². The monoisotopic (exact) mass is 364 g/mol. The molecule has 0 unspecified atom stereocenters. The van der Waals surface area contributed by atoms with Crippen LogP contribution >= 0.6 is 11.6 Å². The number of hydrogen-bond donors (Lipinski definition) is 1. The lowest BCUT2D eigenvalue weighted by Gasteiger charge is -2.31. The minimum Gasteiger partial charge on any atom is -0.243 e. The Kier molecular flexibility index (Phi) is 4.92. The van der Waals surface area contributed by atoms with Gasteiger partial charge in [-0.1, -0.05) is 23.7 Å². The number of nitrogens with zero attached hydrogens (tertiary/aromatic N) is 3. The van der Waals surface area contributed by atoms with E-state index in [1.807, 2.05) is 0 Å². The average molecular weight is 365 g/mol. The molecule has 0 aliphatic carbocycles. The number of nitrogens with one attached hydrogen (secondary N) is 1. The maximum absolute atomic E-state index is 13.5. The Morgan fingerprint density at radius 2 is 1.74 bits per heavy atom. The van der Waals surface area contributed by atoms with Crippen molar-refractivity contribution < 1.29 is 17.4 Å². The molecule has 2 rings (SSSR count). The molecule has 1 N–H and O–H groups in total. The summed E-state index contributed by atoms with van der Waals surface area (Å²) in [5.41, 5.74) is -0.166. The van der Waals surface area contributed by atoms with Gasteiger partial charge in [-0.15, -0.1) is 0 Å². The van der Waals surface area contributed by atoms with Crippen LogP contribution in [-0.2, 0) is 9.92 Å². The summed E-state index contributed by atoms with van der Waals surface area (Å²) in [5.74, 6) is 0. The summed E-state index contributed by atoms with van der Waals surface area (Å²) in [4.78, 5) is 7.00. The molecule has 10 heteroatoms. The highest BCUT2D eigenvalue weighted by Crippen LogP contribution is 2.39. The lowest BCUT2D eigenvalue weighted by Crippen LogP contribution is -2.39. The topological polar surface area (TPSA) is 69.9 Å². The summed E-state index contributed by atoms with van der Waals surface area (Å²) in [6.07, 6.45) is -1.47. The molecule has 0 spiro atoms. The van der Waals surface area contributed by atoms with Crippen molar-refractivity contribution in [2.45, 2.75) is 17.1 Å². The molecule has 2 aromatic rings. The van der Waals surface area contributed by atoms with Crippen LogP contribution in [0, 0.1) is 4.78 Å². The van der Waals surface area contributed by atoms with Crippen LogP contribution in [0.2, 0.25) is 5.02 Å². The van der Waals surface area contributed by atoms with Crippen LogP contribution in [0.5, 0.6) is 0 Å². The average Bonchev–Trinajstić information content (AvgIpc) is 2.49. The van der Waals surface area contributed by atoms with E-state index in [9.17, 15) is 17.4 Å². The van der Waals surface area contributed by atoms with Gasteiger partial charge in [-0.3, -0.25) is 0 Å². The summed E-state index contributed by atoms with van der Waals surface area (Å²) >= 11 is 5.69. The second-order valence-corrected chi connectivity index (χ2v) is 7.18. The van der Waals surface area contributed by atoms with Gasteiger partial charge in [-0.05, 0) is 17.7 Å². The predicted molar refractivity (Wildman–Crippen MR) is 79.2 cm³/mol. The fourth-order valence-corrected chi connectivity index (χ4v) is 3.40. The van der Waals surface area contributed by atoms with Gasteiger partial charge in [-0.2, -0.15) is 13.2 Å². The Morgan fingerprint density at radius 1 is 1.22 bits per heavy atom. The van der Waals surface area contributed by atoms with Crippen molar-refractivity contribution in [2.24, 2.45) is 0 Å². The number of halogens is 4. The van der Waals surface area contributed by atoms with E-state index in [1.165, 1.54) is 24.3 Å². The number of aromatic nitrogens is 2. The molecule has 1 heterocycles. The van der Waals surface area contributed by atoms with E-state index in [4.69, 9.17) is 16.4 Å². The summed E-state index contributed by atoms with van der Waals surface area (Å²) in [5, 5.41) is 0.278. The maximum atomic E-state index is 13.5. The number of rotatable bonds is 4. The Bertz CT molecular complexity index is 766. The lowest BCUT2D eigenvalue weighted by molar-refractivity contribution is -0.170. The van der Waals surface area contributed by atoms with Crippen molar-refractivity contribution in [3.05, 3.63) is 53.6 Å². The summed E-state index contributed by atoms with van der Waals surface area (Å²) in [6, 6.07) is 2.76. The third kappa shape index (κ3) is 3.80. The third-order valence-corrected chi connectivity index (χ3v) is 5.25. The molecule has 0 aliphatic rings. The molecule has 0 aliphatic heterocycles. The number of hydrogen-bond acceptors (Lipinski definition) is 4. The van der Waals surface area contributed by atoms with Crippen LogP contribution in [0.1, 0.15) is 11.6 Å². The van der Waals surface area contributed by atoms with E-state index < -0.39 is 22.1 Å². The third-order valence-electron chi connectivity index (χ3n) is 3.12. The van der Waals surface area contributed by atoms with Gasteiger partial charge in [0, 0.05) is 24.5 Å². The molecule has 1 aromatic carbocycles. The van der Waals surface area contributed by atoms with Crippen LogP contribution in [-0.4, -0.2) is 31.7 Å². The SMILES string of the molecule is CN([C@H](c1ccc(Cl)cc1)C(F)(F)F)[S@](=N)(=O)c1cncnc1. The van der Waals surface area contributed by atoms with E-state index in [0.29, 0.717) is 4.31 Å². The minimum absolute atomic E-state index is 0.166. The maximum Gasteiger partial charge on any atom is 0.409 e. The zero-order chi connectivity index (χ0) is 17.3. The summed E-state index contributed by atoms with van der Waals surface area (Å²) < 4.78 is 61.5. The normalized spacial score (nSPS) is 16.1. The van der Waals surface area contributed by atoms with Gasteiger partial charge in [0.1, 0.15) is 22.3 Å². The van der Waals surface area contributed by atoms with Crippen LogP contribution in [0.25, 0.3) is 0 Å². The lowest BCUT2D eigenvalue weighted by atomic mass is 10.1. The van der Waals surface area contributed by atoms with Crippen LogP contribution in [0.4, 0.5) is 13.2 Å². The van der Waals surface area contributed by atoms with Crippen molar-refractivity contribution in [1.29, 1.82) is 4.78 Å². The first-order valence-corrected chi connectivity index (χ1v) is 8.12. The van der Waals surface area contributed by atoms with Gasteiger partial charge in [0.05, 0.1) is 4.90 Å². The highest BCUT2D eigenvalue weighted by atomic mass is 35.5. The zero-order valence-electron chi connectivity index (χ0n) is 11.8. The zero-order valence-corrected chi connectivity index (χ0v) is 13.4. The molecule has 23 heavy (non-hydrogen) atoms. The Morgan fingerprint density at radius 3 is 2.22 bits per heavy atom. The van der Waals surface area contributed by atoms with Crippen molar-refractivity contribution in [3.8, 4) is 0 Å². The Labute approximate surface area is 136 Å². The quantitative estimate of drug-likeness (QED) is 0.899. The molecule has 0 saturated carbocycles. The first kappa shape index (κ1) is 17.6. The van der Waals surface area contributed by atoms with Crippen molar-refractivity contribution in [2.75, 3.05) is 7.05 Å². The van der Waals surface area contributed by atoms with Gasteiger partial charge in [0.15, 0.2) is 0 Å². The highest BCUT2D eigenvalue weighted by Gasteiger charge is 2.46. The predicted octanol–water partition coefficient (Wildman–Crippen LogP) is 3.69. The van der Waals surface area contributed by atoms with Crippen molar-refractivity contribution in [1.82, 2.24) is 14.3 Å². The van der Waals surface area contributed by atoms with Crippen molar-refractivity contribution in [3.63, 3.8) is 0 Å². The second kappa shape index (κ2) is 6.42. The fourth-order valence-electron chi connectivity index (χ4n) is 1.99. The molecule has 124 valence electrons. The first-order chi connectivity index (χ1) is 10.6.